The molecule has 0 saturated carbocycles. The van der Waals surface area contributed by atoms with Crippen molar-refractivity contribution in [3.63, 3.8) is 0 Å². The van der Waals surface area contributed by atoms with Crippen molar-refractivity contribution in [1.29, 1.82) is 0 Å². The number of pyridine rings is 1. The molecule has 3 aromatic carbocycles. The van der Waals surface area contributed by atoms with Crippen molar-refractivity contribution >= 4 is 34.1 Å². The molecule has 0 saturated heterocycles. The van der Waals surface area contributed by atoms with Crippen LogP contribution in [0, 0.1) is 0 Å². The van der Waals surface area contributed by atoms with Crippen molar-refractivity contribution in [3.8, 4) is 11.5 Å². The number of amides is 2. The number of nitrogens with zero attached hydrogens (tertiary/aromatic N) is 1. The second-order valence-corrected chi connectivity index (χ2v) is 9.86. The first-order valence-electron chi connectivity index (χ1n) is 14.3. The Bertz CT molecular complexity index is 1540. The van der Waals surface area contributed by atoms with Crippen LogP contribution in [0.5, 0.6) is 11.5 Å². The number of aromatic nitrogens is 1. The number of hydrogen-bond acceptors (Lipinski definition) is 7. The summed E-state index contributed by atoms with van der Waals surface area (Å²) in [7, 11) is 0. The van der Waals surface area contributed by atoms with E-state index in [0.717, 1.165) is 28.8 Å². The summed E-state index contributed by atoms with van der Waals surface area (Å²) in [5, 5.41) is 7.12. The third-order valence-electron chi connectivity index (χ3n) is 7.06. The molecule has 4 rings (SSSR count). The molecule has 4 aromatic rings. The van der Waals surface area contributed by atoms with E-state index in [9.17, 15) is 9.59 Å². The molecule has 0 aliphatic heterocycles. The van der Waals surface area contributed by atoms with E-state index in [-0.39, 0.29) is 11.5 Å². The zero-order chi connectivity index (χ0) is 30.1. The zero-order valence-corrected chi connectivity index (χ0v) is 24.4. The number of ether oxygens (including phenoxy) is 2. The average Bonchev–Trinajstić information content (AvgIpc) is 2.99. The minimum Gasteiger partial charge on any atom is -0.490 e. The third kappa shape index (κ3) is 7.16. The van der Waals surface area contributed by atoms with Gasteiger partial charge >= 0.3 is 0 Å². The number of rotatable bonds is 14. The lowest BCUT2D eigenvalue weighted by Gasteiger charge is -2.20. The third-order valence-corrected chi connectivity index (χ3v) is 7.06. The number of primary amides is 1. The maximum absolute atomic E-state index is 12.8. The van der Waals surface area contributed by atoms with Crippen molar-refractivity contribution in [2.24, 2.45) is 11.5 Å². The second kappa shape index (κ2) is 14.3. The van der Waals surface area contributed by atoms with Crippen LogP contribution in [-0.2, 0) is 24.2 Å². The quantitative estimate of drug-likeness (QED) is 0.167. The minimum atomic E-state index is -0.612. The van der Waals surface area contributed by atoms with E-state index in [1.807, 2.05) is 75.4 Å². The van der Waals surface area contributed by atoms with E-state index >= 15 is 0 Å². The van der Waals surface area contributed by atoms with E-state index in [0.29, 0.717) is 60.7 Å². The number of aryl methyl sites for hydroxylation is 1. The molecule has 0 unspecified atom stereocenters. The van der Waals surface area contributed by atoms with Gasteiger partial charge in [-0.25, -0.2) is 0 Å². The Morgan fingerprint density at radius 2 is 1.67 bits per heavy atom. The van der Waals surface area contributed by atoms with Crippen LogP contribution < -0.4 is 31.6 Å². The normalized spacial score (nSPS) is 11.6. The van der Waals surface area contributed by atoms with Crippen LogP contribution in [0.25, 0.3) is 10.9 Å². The lowest BCUT2D eigenvalue weighted by Crippen LogP contribution is -2.40. The molecule has 0 bridgehead atoms. The van der Waals surface area contributed by atoms with Gasteiger partial charge in [0.25, 0.3) is 5.91 Å². The average molecular weight is 570 g/mol. The van der Waals surface area contributed by atoms with Gasteiger partial charge in [-0.3, -0.25) is 14.6 Å². The molecule has 0 radical (unpaired) electrons. The van der Waals surface area contributed by atoms with Crippen molar-refractivity contribution in [2.75, 3.05) is 18.5 Å². The molecule has 0 fully saturated rings. The Kier molecular flexibility index (Phi) is 10.3. The molecule has 0 aliphatic carbocycles. The smallest absolute Gasteiger partial charge is 0.252 e. The molecule has 42 heavy (non-hydrogen) atoms. The van der Waals surface area contributed by atoms with Gasteiger partial charge in [0.05, 0.1) is 36.0 Å². The predicted octanol–water partition coefficient (Wildman–Crippen LogP) is 5.01. The molecule has 220 valence electrons. The van der Waals surface area contributed by atoms with Crippen LogP contribution in [-0.4, -0.2) is 36.1 Å². The molecule has 1 aromatic heterocycles. The molecule has 1 atom stereocenters. The highest BCUT2D eigenvalue weighted by Gasteiger charge is 2.19. The van der Waals surface area contributed by atoms with Crippen LogP contribution in [0.15, 0.2) is 66.9 Å². The lowest BCUT2D eigenvalue weighted by molar-refractivity contribution is -0.122. The number of fused-ring (bicyclic) bond motifs is 1. The van der Waals surface area contributed by atoms with Crippen molar-refractivity contribution in [2.45, 2.75) is 52.6 Å². The van der Waals surface area contributed by atoms with Crippen molar-refractivity contribution < 1.29 is 19.1 Å². The number of benzene rings is 3. The Hall–Kier alpha value is -4.63. The highest BCUT2D eigenvalue weighted by molar-refractivity contribution is 6.08. The Morgan fingerprint density at radius 1 is 0.952 bits per heavy atom. The Morgan fingerprint density at radius 3 is 2.33 bits per heavy atom. The van der Waals surface area contributed by atoms with Gasteiger partial charge < -0.3 is 31.6 Å². The van der Waals surface area contributed by atoms with Crippen LogP contribution in [0.1, 0.15) is 54.2 Å². The summed E-state index contributed by atoms with van der Waals surface area (Å²) in [4.78, 5) is 29.7. The fraction of sp³-hybridized carbons (Fsp3) is 0.303. The summed E-state index contributed by atoms with van der Waals surface area (Å²) in [5.41, 5.74) is 17.2. The topological polar surface area (TPSA) is 142 Å². The zero-order valence-electron chi connectivity index (χ0n) is 24.4. The van der Waals surface area contributed by atoms with Gasteiger partial charge in [-0.15, -0.1) is 0 Å². The molecule has 1 heterocycles. The van der Waals surface area contributed by atoms with Crippen molar-refractivity contribution in [3.05, 3.63) is 89.1 Å². The standard InChI is InChI=1S/C33H39N5O4/c1-4-23-22(19-37-33(40)26(34)16-15-21-11-8-7-9-12-21)13-10-14-27(23)38-31-24-17-29(41-5-2)30(42-6-3)18-28(24)36-20-25(31)32(35)39/h7-14,17-18,20,26H,4-6,15-16,19,34H2,1-3H3,(H2,35,39)(H,36,38)(H,37,40)/t26-/m1/s1. The number of hydrogen-bond donors (Lipinski definition) is 4. The number of carbonyl (C=O) groups is 2. The first-order valence-corrected chi connectivity index (χ1v) is 14.3. The highest BCUT2D eigenvalue weighted by Crippen LogP contribution is 2.38. The second-order valence-electron chi connectivity index (χ2n) is 9.86. The monoisotopic (exact) mass is 569 g/mol. The van der Waals surface area contributed by atoms with Gasteiger partial charge in [-0.1, -0.05) is 49.4 Å². The Labute approximate surface area is 246 Å². The van der Waals surface area contributed by atoms with Crippen LogP contribution in [0.4, 0.5) is 11.4 Å². The SMILES string of the molecule is CCOc1cc2ncc(C(N)=O)c(Nc3cccc(CNC(=O)[C@H](N)CCc4ccccc4)c3CC)c2cc1OCC. The molecule has 0 spiro atoms. The van der Waals surface area contributed by atoms with E-state index < -0.39 is 11.9 Å². The number of nitrogens with one attached hydrogen (secondary N) is 2. The van der Waals surface area contributed by atoms with E-state index in [4.69, 9.17) is 20.9 Å². The van der Waals surface area contributed by atoms with Gasteiger partial charge in [0.1, 0.15) is 0 Å². The fourth-order valence-corrected chi connectivity index (χ4v) is 4.94. The first-order chi connectivity index (χ1) is 20.4. The summed E-state index contributed by atoms with van der Waals surface area (Å²) in [5.74, 6) is 0.320. The van der Waals surface area contributed by atoms with Crippen LogP contribution in [0.2, 0.25) is 0 Å². The predicted molar refractivity (Wildman–Crippen MR) is 166 cm³/mol. The maximum atomic E-state index is 12.8. The molecule has 2 amide bonds. The lowest BCUT2D eigenvalue weighted by atomic mass is 10.0. The van der Waals surface area contributed by atoms with E-state index in [1.165, 1.54) is 6.20 Å². The summed E-state index contributed by atoms with van der Waals surface area (Å²) >= 11 is 0. The van der Waals surface area contributed by atoms with Gasteiger partial charge in [0.15, 0.2) is 11.5 Å². The summed E-state index contributed by atoms with van der Waals surface area (Å²) in [6, 6.07) is 18.8. The molecular formula is C33H39N5O4. The minimum absolute atomic E-state index is 0.198. The van der Waals surface area contributed by atoms with Gasteiger partial charge in [-0.05, 0) is 61.9 Å². The van der Waals surface area contributed by atoms with Crippen molar-refractivity contribution in [1.82, 2.24) is 10.3 Å². The Balaban J connectivity index is 1.60. The van der Waals surface area contributed by atoms with Gasteiger partial charge in [0.2, 0.25) is 5.91 Å². The van der Waals surface area contributed by atoms with E-state index in [2.05, 4.69) is 15.6 Å². The fourth-order valence-electron chi connectivity index (χ4n) is 4.94. The van der Waals surface area contributed by atoms with Gasteiger partial charge in [0, 0.05) is 29.9 Å². The van der Waals surface area contributed by atoms with Crippen LogP contribution in [0.3, 0.4) is 0 Å². The highest BCUT2D eigenvalue weighted by atomic mass is 16.5. The number of nitrogens with two attached hydrogens (primary N) is 2. The number of anilines is 2. The number of carbonyl (C=O) groups excluding carboxylic acids is 2. The van der Waals surface area contributed by atoms with Crippen LogP contribution >= 0.6 is 0 Å². The molecular weight excluding hydrogens is 530 g/mol. The molecule has 9 heteroatoms. The van der Waals surface area contributed by atoms with Gasteiger partial charge in [-0.2, -0.15) is 0 Å². The largest absolute Gasteiger partial charge is 0.490 e. The molecule has 9 nitrogen and oxygen atoms in total. The van der Waals surface area contributed by atoms with E-state index in [1.54, 1.807) is 6.07 Å². The molecule has 6 N–H and O–H groups in total. The summed E-state index contributed by atoms with van der Waals surface area (Å²) in [6.45, 7) is 7.07. The maximum Gasteiger partial charge on any atom is 0.252 e. The summed E-state index contributed by atoms with van der Waals surface area (Å²) < 4.78 is 11.6. The molecule has 0 aliphatic rings. The summed E-state index contributed by atoms with van der Waals surface area (Å²) in [6.07, 6.45) is 3.43. The first kappa shape index (κ1) is 30.3.